The summed E-state index contributed by atoms with van der Waals surface area (Å²) in [7, 11) is 1.63. The molecular formula is C21H19N3O2S. The lowest BCUT2D eigenvalue weighted by atomic mass is 10.1. The number of benzene rings is 2. The Morgan fingerprint density at radius 3 is 2.74 bits per heavy atom. The van der Waals surface area contributed by atoms with Crippen molar-refractivity contribution in [2.45, 2.75) is 13.5 Å². The number of nitrogens with one attached hydrogen (secondary N) is 1. The van der Waals surface area contributed by atoms with E-state index in [0.29, 0.717) is 12.2 Å². The van der Waals surface area contributed by atoms with Gasteiger partial charge in [-0.3, -0.25) is 9.20 Å². The number of rotatable bonds is 5. The van der Waals surface area contributed by atoms with Crippen LogP contribution in [-0.4, -0.2) is 22.4 Å². The Hall–Kier alpha value is -3.12. The maximum absolute atomic E-state index is 12.7. The first-order valence-corrected chi connectivity index (χ1v) is 9.47. The number of hydrogen-bond donors (Lipinski definition) is 1. The van der Waals surface area contributed by atoms with Gasteiger partial charge in [0.25, 0.3) is 5.91 Å². The van der Waals surface area contributed by atoms with Crippen molar-refractivity contribution < 1.29 is 9.53 Å². The minimum Gasteiger partial charge on any atom is -0.496 e. The lowest BCUT2D eigenvalue weighted by Gasteiger charge is -2.09. The highest BCUT2D eigenvalue weighted by molar-refractivity contribution is 7.15. The molecule has 1 N–H and O–H groups in total. The molecule has 4 aromatic rings. The number of para-hydroxylation sites is 1. The lowest BCUT2D eigenvalue weighted by Crippen LogP contribution is -2.24. The summed E-state index contributed by atoms with van der Waals surface area (Å²) >= 11 is 1.46. The Morgan fingerprint density at radius 2 is 1.96 bits per heavy atom. The van der Waals surface area contributed by atoms with Crippen LogP contribution in [0.25, 0.3) is 16.2 Å². The van der Waals surface area contributed by atoms with Crippen LogP contribution < -0.4 is 10.1 Å². The van der Waals surface area contributed by atoms with Crippen LogP contribution in [0.1, 0.15) is 21.6 Å². The molecule has 0 atom stereocenters. The maximum atomic E-state index is 12.7. The molecule has 0 fully saturated rings. The van der Waals surface area contributed by atoms with E-state index in [9.17, 15) is 4.79 Å². The average molecular weight is 377 g/mol. The number of hydrogen-bond acceptors (Lipinski definition) is 4. The molecule has 2 aromatic carbocycles. The fourth-order valence-electron chi connectivity index (χ4n) is 2.93. The van der Waals surface area contributed by atoms with E-state index in [-0.39, 0.29) is 5.91 Å². The molecule has 4 rings (SSSR count). The summed E-state index contributed by atoms with van der Waals surface area (Å²) in [5, 5.41) is 4.80. The number of amides is 1. The Balaban J connectivity index is 1.56. The number of methoxy groups -OCH3 is 1. The second-order valence-corrected chi connectivity index (χ2v) is 7.10. The quantitative estimate of drug-likeness (QED) is 0.564. The standard InChI is InChI=1S/C21H19N3O2S/c1-14-7-9-15(10-8-14)17-12-24-18(13-27-21(24)23-17)20(25)22-11-16-5-3-4-6-19(16)26-2/h3-10,12-13H,11H2,1-2H3,(H,22,25). The van der Waals surface area contributed by atoms with E-state index in [0.717, 1.165) is 27.5 Å². The Morgan fingerprint density at radius 1 is 1.19 bits per heavy atom. The smallest absolute Gasteiger partial charge is 0.269 e. The van der Waals surface area contributed by atoms with Gasteiger partial charge in [0, 0.05) is 29.2 Å². The Labute approximate surface area is 161 Å². The van der Waals surface area contributed by atoms with E-state index >= 15 is 0 Å². The number of nitrogens with zero attached hydrogens (tertiary/aromatic N) is 2. The van der Waals surface area contributed by atoms with Crippen LogP contribution in [0.3, 0.4) is 0 Å². The van der Waals surface area contributed by atoms with E-state index in [1.54, 1.807) is 7.11 Å². The predicted octanol–water partition coefficient (Wildman–Crippen LogP) is 4.31. The lowest BCUT2D eigenvalue weighted by molar-refractivity contribution is 0.0945. The van der Waals surface area contributed by atoms with Crippen LogP contribution in [0, 0.1) is 6.92 Å². The fraction of sp³-hybridized carbons (Fsp3) is 0.143. The number of carbonyl (C=O) groups is 1. The molecule has 136 valence electrons. The van der Waals surface area contributed by atoms with Gasteiger partial charge in [-0.15, -0.1) is 11.3 Å². The highest BCUT2D eigenvalue weighted by atomic mass is 32.1. The maximum Gasteiger partial charge on any atom is 0.269 e. The summed E-state index contributed by atoms with van der Waals surface area (Å²) in [5.41, 5.74) is 4.62. The van der Waals surface area contributed by atoms with Crippen molar-refractivity contribution in [3.05, 3.63) is 76.9 Å². The van der Waals surface area contributed by atoms with Gasteiger partial charge in [0.1, 0.15) is 11.4 Å². The highest BCUT2D eigenvalue weighted by Crippen LogP contribution is 2.24. The fourth-order valence-corrected chi connectivity index (χ4v) is 3.78. The van der Waals surface area contributed by atoms with Gasteiger partial charge in [-0.1, -0.05) is 48.0 Å². The van der Waals surface area contributed by atoms with Crippen LogP contribution in [0.4, 0.5) is 0 Å². The minimum absolute atomic E-state index is 0.139. The molecule has 0 radical (unpaired) electrons. The van der Waals surface area contributed by atoms with Crippen LogP contribution in [0.15, 0.2) is 60.1 Å². The van der Waals surface area contributed by atoms with Crippen molar-refractivity contribution in [1.82, 2.24) is 14.7 Å². The van der Waals surface area contributed by atoms with Crippen LogP contribution in [0.5, 0.6) is 5.75 Å². The molecule has 0 aliphatic rings. The normalized spacial score (nSPS) is 10.9. The third-order valence-corrected chi connectivity index (χ3v) is 5.26. The molecular weight excluding hydrogens is 358 g/mol. The molecule has 27 heavy (non-hydrogen) atoms. The zero-order valence-electron chi connectivity index (χ0n) is 15.1. The van der Waals surface area contributed by atoms with Gasteiger partial charge < -0.3 is 10.1 Å². The third kappa shape index (κ3) is 3.44. The van der Waals surface area contributed by atoms with Gasteiger partial charge in [-0.2, -0.15) is 0 Å². The Bertz CT molecular complexity index is 1100. The molecule has 5 nitrogen and oxygen atoms in total. The van der Waals surface area contributed by atoms with Crippen LogP contribution in [0.2, 0.25) is 0 Å². The summed E-state index contributed by atoms with van der Waals surface area (Å²) in [4.78, 5) is 18.1. The second kappa shape index (κ2) is 7.25. The topological polar surface area (TPSA) is 55.6 Å². The second-order valence-electron chi connectivity index (χ2n) is 6.26. The highest BCUT2D eigenvalue weighted by Gasteiger charge is 2.15. The van der Waals surface area contributed by atoms with Crippen molar-refractivity contribution >= 4 is 22.2 Å². The molecule has 1 amide bonds. The number of imidazole rings is 1. The first kappa shape index (κ1) is 17.3. The molecule has 0 saturated carbocycles. The van der Waals surface area contributed by atoms with Gasteiger partial charge in [-0.05, 0) is 13.0 Å². The minimum atomic E-state index is -0.139. The number of carbonyl (C=O) groups excluding carboxylic acids is 1. The number of aromatic nitrogens is 2. The molecule has 0 aliphatic heterocycles. The van der Waals surface area contributed by atoms with Gasteiger partial charge in [0.15, 0.2) is 4.96 Å². The van der Waals surface area contributed by atoms with Gasteiger partial charge >= 0.3 is 0 Å². The number of fused-ring (bicyclic) bond motifs is 1. The monoisotopic (exact) mass is 377 g/mol. The van der Waals surface area contributed by atoms with Crippen molar-refractivity contribution in [1.29, 1.82) is 0 Å². The SMILES string of the molecule is COc1ccccc1CNC(=O)c1csc2nc(-c3ccc(C)cc3)cn12. The number of ether oxygens (including phenoxy) is 1. The van der Waals surface area contributed by atoms with E-state index in [1.807, 2.05) is 52.4 Å². The molecule has 2 heterocycles. The van der Waals surface area contributed by atoms with E-state index < -0.39 is 0 Å². The van der Waals surface area contributed by atoms with Gasteiger partial charge in [0.2, 0.25) is 0 Å². The first-order chi connectivity index (χ1) is 13.2. The molecule has 6 heteroatoms. The largest absolute Gasteiger partial charge is 0.496 e. The van der Waals surface area contributed by atoms with Crippen molar-refractivity contribution in [2.24, 2.45) is 0 Å². The summed E-state index contributed by atoms with van der Waals surface area (Å²) < 4.78 is 7.18. The molecule has 0 bridgehead atoms. The summed E-state index contributed by atoms with van der Waals surface area (Å²) in [6.45, 7) is 2.46. The van der Waals surface area contributed by atoms with Gasteiger partial charge in [0.05, 0.1) is 12.8 Å². The average Bonchev–Trinajstić information content (AvgIpc) is 3.27. The van der Waals surface area contributed by atoms with Crippen molar-refractivity contribution in [3.8, 4) is 17.0 Å². The van der Waals surface area contributed by atoms with Crippen molar-refractivity contribution in [3.63, 3.8) is 0 Å². The first-order valence-electron chi connectivity index (χ1n) is 8.59. The summed E-state index contributed by atoms with van der Waals surface area (Å²) in [6.07, 6.45) is 1.91. The summed E-state index contributed by atoms with van der Waals surface area (Å²) in [6, 6.07) is 15.9. The third-order valence-electron chi connectivity index (χ3n) is 4.42. The summed E-state index contributed by atoms with van der Waals surface area (Å²) in [5.74, 6) is 0.623. The Kier molecular flexibility index (Phi) is 4.64. The molecule has 0 saturated heterocycles. The molecule has 0 aliphatic carbocycles. The van der Waals surface area contributed by atoms with E-state index in [2.05, 4.69) is 29.4 Å². The molecule has 0 unspecified atom stereocenters. The number of thiazole rings is 1. The van der Waals surface area contributed by atoms with E-state index in [1.165, 1.54) is 16.9 Å². The number of aryl methyl sites for hydroxylation is 1. The van der Waals surface area contributed by atoms with Gasteiger partial charge in [-0.25, -0.2) is 4.98 Å². The predicted molar refractivity (Wildman–Crippen MR) is 107 cm³/mol. The molecule has 2 aromatic heterocycles. The van der Waals surface area contributed by atoms with E-state index in [4.69, 9.17) is 4.74 Å². The van der Waals surface area contributed by atoms with Crippen LogP contribution >= 0.6 is 11.3 Å². The van der Waals surface area contributed by atoms with Crippen molar-refractivity contribution in [2.75, 3.05) is 7.11 Å². The zero-order chi connectivity index (χ0) is 18.8. The van der Waals surface area contributed by atoms with Crippen LogP contribution in [-0.2, 0) is 6.54 Å². The molecule has 0 spiro atoms. The zero-order valence-corrected chi connectivity index (χ0v) is 15.9.